The number of nitrogens with two attached hydrogens (primary N) is 1. The van der Waals surface area contributed by atoms with Crippen molar-refractivity contribution in [1.82, 2.24) is 0 Å². The topological polar surface area (TPSA) is 26.0 Å². The lowest BCUT2D eigenvalue weighted by atomic mass is 9.72. The van der Waals surface area contributed by atoms with Gasteiger partial charge in [-0.3, -0.25) is 0 Å². The molecule has 0 unspecified atom stereocenters. The molecule has 16 heavy (non-hydrogen) atoms. The van der Waals surface area contributed by atoms with E-state index in [1.54, 1.807) is 0 Å². The highest BCUT2D eigenvalue weighted by atomic mass is 14.7. The van der Waals surface area contributed by atoms with Gasteiger partial charge in [-0.1, -0.05) is 30.7 Å². The highest BCUT2D eigenvalue weighted by Gasteiger charge is 2.32. The van der Waals surface area contributed by atoms with Crippen LogP contribution in [-0.4, -0.2) is 0 Å². The Hall–Kier alpha value is -0.820. The molecule has 2 rings (SSSR count). The van der Waals surface area contributed by atoms with E-state index in [-0.39, 0.29) is 5.54 Å². The summed E-state index contributed by atoms with van der Waals surface area (Å²) in [5.74, 6) is 0.849. The summed E-state index contributed by atoms with van der Waals surface area (Å²) in [6.45, 7) is 6.67. The van der Waals surface area contributed by atoms with E-state index in [1.165, 1.54) is 29.5 Å². The molecule has 0 spiro atoms. The van der Waals surface area contributed by atoms with E-state index in [9.17, 15) is 0 Å². The largest absolute Gasteiger partial charge is 0.321 e. The molecule has 0 amide bonds. The Morgan fingerprint density at radius 1 is 1.19 bits per heavy atom. The third-order valence-electron chi connectivity index (χ3n) is 4.08. The molecule has 0 aliphatic heterocycles. The highest BCUT2D eigenvalue weighted by molar-refractivity contribution is 5.36. The lowest BCUT2D eigenvalue weighted by Gasteiger charge is -2.37. The van der Waals surface area contributed by atoms with Crippen molar-refractivity contribution in [1.29, 1.82) is 0 Å². The minimum Gasteiger partial charge on any atom is -0.321 e. The molecule has 1 aliphatic carbocycles. The van der Waals surface area contributed by atoms with E-state index in [4.69, 9.17) is 5.73 Å². The monoisotopic (exact) mass is 217 g/mol. The maximum absolute atomic E-state index is 6.59. The number of hydrogen-bond acceptors (Lipinski definition) is 1. The van der Waals surface area contributed by atoms with Crippen LogP contribution >= 0.6 is 0 Å². The van der Waals surface area contributed by atoms with Gasteiger partial charge in [0.15, 0.2) is 0 Å². The van der Waals surface area contributed by atoms with Gasteiger partial charge in [-0.25, -0.2) is 0 Å². The van der Waals surface area contributed by atoms with Gasteiger partial charge in [-0.2, -0.15) is 0 Å². The molecule has 1 aromatic rings. The first-order chi connectivity index (χ1) is 7.51. The van der Waals surface area contributed by atoms with E-state index in [2.05, 4.69) is 39.0 Å². The Balaban J connectivity index is 2.29. The Bertz CT molecular complexity index is 373. The van der Waals surface area contributed by atoms with E-state index in [1.807, 2.05) is 0 Å². The predicted octanol–water partition coefficient (Wildman–Crippen LogP) is 3.67. The van der Waals surface area contributed by atoms with Crippen molar-refractivity contribution >= 4 is 0 Å². The van der Waals surface area contributed by atoms with Crippen LogP contribution in [0, 0.1) is 19.8 Å². The maximum Gasteiger partial charge on any atom is 0.0412 e. The first-order valence-corrected chi connectivity index (χ1v) is 6.38. The van der Waals surface area contributed by atoms with Crippen LogP contribution in [0.4, 0.5) is 0 Å². The minimum atomic E-state index is -0.0652. The van der Waals surface area contributed by atoms with Crippen molar-refractivity contribution < 1.29 is 0 Å². The molecule has 1 heteroatoms. The van der Waals surface area contributed by atoms with Crippen molar-refractivity contribution in [2.75, 3.05) is 0 Å². The second kappa shape index (κ2) is 4.21. The summed E-state index contributed by atoms with van der Waals surface area (Å²) in [7, 11) is 0. The van der Waals surface area contributed by atoms with Gasteiger partial charge in [0.2, 0.25) is 0 Å². The zero-order valence-electron chi connectivity index (χ0n) is 10.7. The zero-order chi connectivity index (χ0) is 11.8. The molecule has 1 aliphatic rings. The molecule has 0 heterocycles. The van der Waals surface area contributed by atoms with Crippen LogP contribution in [0.25, 0.3) is 0 Å². The van der Waals surface area contributed by atoms with Crippen LogP contribution in [0.2, 0.25) is 0 Å². The first-order valence-electron chi connectivity index (χ1n) is 6.38. The van der Waals surface area contributed by atoms with Crippen molar-refractivity contribution in [3.05, 3.63) is 34.9 Å². The van der Waals surface area contributed by atoms with Crippen molar-refractivity contribution in [2.24, 2.45) is 11.7 Å². The Morgan fingerprint density at radius 2 is 1.81 bits per heavy atom. The van der Waals surface area contributed by atoms with Crippen LogP contribution in [-0.2, 0) is 5.54 Å². The Kier molecular flexibility index (Phi) is 3.07. The normalized spacial score (nSPS) is 30.4. The summed E-state index contributed by atoms with van der Waals surface area (Å²) in [6, 6.07) is 6.68. The Morgan fingerprint density at radius 3 is 2.38 bits per heavy atom. The molecule has 0 atom stereocenters. The van der Waals surface area contributed by atoms with Gasteiger partial charge in [0.25, 0.3) is 0 Å². The number of hydrogen-bond donors (Lipinski definition) is 1. The third kappa shape index (κ3) is 2.15. The molecular formula is C15H23N. The SMILES string of the molecule is Cc1ccc(C2(N)CCC(C)CC2)c(C)c1. The van der Waals surface area contributed by atoms with Gasteiger partial charge in [0, 0.05) is 5.54 Å². The zero-order valence-corrected chi connectivity index (χ0v) is 10.7. The summed E-state index contributed by atoms with van der Waals surface area (Å²) in [5, 5.41) is 0. The fourth-order valence-electron chi connectivity index (χ4n) is 2.92. The fourth-order valence-corrected chi connectivity index (χ4v) is 2.92. The molecule has 1 saturated carbocycles. The summed E-state index contributed by atoms with van der Waals surface area (Å²) < 4.78 is 0. The lowest BCUT2D eigenvalue weighted by molar-refractivity contribution is 0.247. The molecule has 1 nitrogen and oxygen atoms in total. The molecule has 0 aromatic heterocycles. The van der Waals surface area contributed by atoms with Crippen LogP contribution in [0.3, 0.4) is 0 Å². The molecule has 0 saturated heterocycles. The predicted molar refractivity (Wildman–Crippen MR) is 69.4 cm³/mol. The summed E-state index contributed by atoms with van der Waals surface area (Å²) in [4.78, 5) is 0. The van der Waals surface area contributed by atoms with E-state index >= 15 is 0 Å². The molecule has 0 bridgehead atoms. The molecular weight excluding hydrogens is 194 g/mol. The van der Waals surface area contributed by atoms with Gasteiger partial charge in [-0.05, 0) is 56.6 Å². The lowest BCUT2D eigenvalue weighted by Crippen LogP contribution is -2.40. The highest BCUT2D eigenvalue weighted by Crippen LogP contribution is 2.38. The second-order valence-corrected chi connectivity index (χ2v) is 5.66. The average molecular weight is 217 g/mol. The Labute approximate surface area is 99.0 Å². The standard InChI is InChI=1S/C15H23N/c1-11-6-8-15(16,9-7-11)14-5-4-12(2)10-13(14)3/h4-5,10-11H,6-9,16H2,1-3H3. The van der Waals surface area contributed by atoms with E-state index in [0.29, 0.717) is 0 Å². The number of rotatable bonds is 1. The van der Waals surface area contributed by atoms with Gasteiger partial charge < -0.3 is 5.73 Å². The number of benzene rings is 1. The molecule has 0 radical (unpaired) electrons. The van der Waals surface area contributed by atoms with Crippen molar-refractivity contribution in [2.45, 2.75) is 52.0 Å². The second-order valence-electron chi connectivity index (χ2n) is 5.66. The van der Waals surface area contributed by atoms with Crippen LogP contribution < -0.4 is 5.73 Å². The third-order valence-corrected chi connectivity index (χ3v) is 4.08. The molecule has 1 fully saturated rings. The van der Waals surface area contributed by atoms with Crippen molar-refractivity contribution in [3.63, 3.8) is 0 Å². The fraction of sp³-hybridized carbons (Fsp3) is 0.600. The quantitative estimate of drug-likeness (QED) is 0.763. The van der Waals surface area contributed by atoms with Gasteiger partial charge in [0.05, 0.1) is 0 Å². The number of aryl methyl sites for hydroxylation is 2. The molecule has 2 N–H and O–H groups in total. The van der Waals surface area contributed by atoms with Crippen LogP contribution in [0.15, 0.2) is 18.2 Å². The first kappa shape index (κ1) is 11.7. The van der Waals surface area contributed by atoms with Gasteiger partial charge in [-0.15, -0.1) is 0 Å². The molecule has 1 aromatic carbocycles. The average Bonchev–Trinajstić information content (AvgIpc) is 2.22. The minimum absolute atomic E-state index is 0.0652. The van der Waals surface area contributed by atoms with E-state index in [0.717, 1.165) is 18.8 Å². The smallest absolute Gasteiger partial charge is 0.0412 e. The summed E-state index contributed by atoms with van der Waals surface area (Å²) in [5.41, 5.74) is 10.6. The van der Waals surface area contributed by atoms with Gasteiger partial charge in [0.1, 0.15) is 0 Å². The summed E-state index contributed by atoms with van der Waals surface area (Å²) in [6.07, 6.45) is 4.81. The van der Waals surface area contributed by atoms with Crippen LogP contribution in [0.5, 0.6) is 0 Å². The maximum atomic E-state index is 6.59. The molecule has 88 valence electrons. The summed E-state index contributed by atoms with van der Waals surface area (Å²) >= 11 is 0. The van der Waals surface area contributed by atoms with Gasteiger partial charge >= 0.3 is 0 Å². The van der Waals surface area contributed by atoms with Crippen molar-refractivity contribution in [3.8, 4) is 0 Å². The van der Waals surface area contributed by atoms with Crippen LogP contribution in [0.1, 0.15) is 49.3 Å². The van der Waals surface area contributed by atoms with E-state index < -0.39 is 0 Å².